The van der Waals surface area contributed by atoms with Gasteiger partial charge in [-0.15, -0.1) is 0 Å². The number of rotatable bonds is 4. The molecule has 1 aliphatic carbocycles. The van der Waals surface area contributed by atoms with E-state index in [1.54, 1.807) is 0 Å². The Balaban J connectivity index is 1.76. The maximum absolute atomic E-state index is 13.9. The van der Waals surface area contributed by atoms with Gasteiger partial charge in [-0.25, -0.2) is 0 Å². The molecule has 0 radical (unpaired) electrons. The number of H-pyrrole nitrogens is 1. The second-order valence-corrected chi connectivity index (χ2v) is 9.52. The molecule has 0 saturated carbocycles. The number of carbonyl (C=O) groups is 1. The molecular formula is C27H29N3O2. The van der Waals surface area contributed by atoms with Gasteiger partial charge in [0.15, 0.2) is 5.78 Å². The first-order chi connectivity index (χ1) is 15.3. The summed E-state index contributed by atoms with van der Waals surface area (Å²) in [5, 5.41) is 11.9. The number of carbonyl (C=O) groups excluding carboxylic acids is 1. The molecule has 0 fully saturated rings. The van der Waals surface area contributed by atoms with Crippen LogP contribution in [0, 0.1) is 5.41 Å². The van der Waals surface area contributed by atoms with Gasteiger partial charge in [-0.2, -0.15) is 0 Å². The normalized spacial score (nSPS) is 17.2. The van der Waals surface area contributed by atoms with Crippen molar-refractivity contribution in [2.24, 2.45) is 0 Å². The minimum Gasteiger partial charge on any atom is -0.490 e. The number of nitrogens with one attached hydrogen (secondary N) is 3. The molecule has 0 spiro atoms. The number of benzene rings is 2. The van der Waals surface area contributed by atoms with Gasteiger partial charge in [0.25, 0.3) is 0 Å². The second-order valence-electron chi connectivity index (χ2n) is 9.52. The van der Waals surface area contributed by atoms with Crippen LogP contribution < -0.4 is 10.1 Å². The molecule has 2 aliphatic rings. The summed E-state index contributed by atoms with van der Waals surface area (Å²) in [5.74, 6) is 0.897. The molecule has 2 aromatic carbocycles. The lowest BCUT2D eigenvalue weighted by atomic mass is 9.70. The van der Waals surface area contributed by atoms with Crippen molar-refractivity contribution < 1.29 is 9.53 Å². The first-order valence-electron chi connectivity index (χ1n) is 11.3. The zero-order chi connectivity index (χ0) is 22.6. The second kappa shape index (κ2) is 7.45. The molecule has 0 unspecified atom stereocenters. The van der Waals surface area contributed by atoms with Gasteiger partial charge in [-0.05, 0) is 61.7 Å². The molecule has 32 heavy (non-hydrogen) atoms. The van der Waals surface area contributed by atoms with Crippen LogP contribution in [0.5, 0.6) is 5.75 Å². The van der Waals surface area contributed by atoms with E-state index in [1.165, 1.54) is 11.8 Å². The Kier molecular flexibility index (Phi) is 4.82. The van der Waals surface area contributed by atoms with Gasteiger partial charge in [0.1, 0.15) is 5.75 Å². The lowest BCUT2D eigenvalue weighted by Crippen LogP contribution is -2.31. The molecular weight excluding hydrogens is 398 g/mol. The zero-order valence-corrected chi connectivity index (χ0v) is 19.1. The van der Waals surface area contributed by atoms with E-state index in [0.717, 1.165) is 69.7 Å². The van der Waals surface area contributed by atoms with Gasteiger partial charge >= 0.3 is 0 Å². The Labute approximate surface area is 188 Å². The summed E-state index contributed by atoms with van der Waals surface area (Å²) in [6.45, 7) is 10.1. The van der Waals surface area contributed by atoms with Crippen molar-refractivity contribution in [3.63, 3.8) is 0 Å². The highest BCUT2D eigenvalue weighted by Gasteiger charge is 2.40. The Bertz CT molecular complexity index is 1290. The van der Waals surface area contributed by atoms with E-state index < -0.39 is 5.41 Å². The number of ether oxygens (including phenoxy) is 1. The number of fused-ring (bicyclic) bond motifs is 4. The number of ketones is 1. The van der Waals surface area contributed by atoms with Crippen molar-refractivity contribution in [1.82, 2.24) is 10.3 Å². The Morgan fingerprint density at radius 2 is 1.97 bits per heavy atom. The fraction of sp³-hybridized carbons (Fsp3) is 0.333. The standard InChI is InChI=1S/C27H29N3O2/c1-15(2)32-23-13-21-20(12-19(23)17-7-9-29-10-8-17)25(31)24-18-6-5-16(14-28)11-22(18)30-26(24)27(21,3)4/h5-7,11-15,28-30H,8-10H2,1-4H3. The first kappa shape index (κ1) is 20.7. The third kappa shape index (κ3) is 3.11. The Morgan fingerprint density at radius 1 is 1.16 bits per heavy atom. The summed E-state index contributed by atoms with van der Waals surface area (Å²) in [7, 11) is 0. The van der Waals surface area contributed by atoms with Gasteiger partial charge in [0.2, 0.25) is 0 Å². The molecule has 5 rings (SSSR count). The lowest BCUT2D eigenvalue weighted by molar-refractivity contribution is 0.103. The van der Waals surface area contributed by atoms with Crippen molar-refractivity contribution in [3.05, 3.63) is 69.9 Å². The Hall–Kier alpha value is -3.18. The molecule has 5 nitrogen and oxygen atoms in total. The van der Waals surface area contributed by atoms with Crippen LogP contribution in [-0.2, 0) is 5.41 Å². The van der Waals surface area contributed by atoms with E-state index in [2.05, 4.69) is 42.4 Å². The molecule has 164 valence electrons. The fourth-order valence-electron chi connectivity index (χ4n) is 5.03. The predicted molar refractivity (Wildman–Crippen MR) is 129 cm³/mol. The van der Waals surface area contributed by atoms with E-state index in [4.69, 9.17) is 10.1 Å². The van der Waals surface area contributed by atoms with Crippen LogP contribution in [0.25, 0.3) is 16.5 Å². The van der Waals surface area contributed by atoms with Crippen LogP contribution in [0.4, 0.5) is 0 Å². The monoisotopic (exact) mass is 427 g/mol. The third-order valence-corrected chi connectivity index (χ3v) is 6.65. The van der Waals surface area contributed by atoms with Gasteiger partial charge in [0, 0.05) is 45.9 Å². The fourth-order valence-corrected chi connectivity index (χ4v) is 5.03. The Morgan fingerprint density at radius 3 is 2.66 bits per heavy atom. The molecule has 1 aromatic heterocycles. The largest absolute Gasteiger partial charge is 0.490 e. The van der Waals surface area contributed by atoms with Gasteiger partial charge in [-0.3, -0.25) is 4.79 Å². The van der Waals surface area contributed by atoms with Crippen LogP contribution in [0.15, 0.2) is 36.4 Å². The maximum atomic E-state index is 13.9. The van der Waals surface area contributed by atoms with Crippen LogP contribution in [0.1, 0.15) is 72.4 Å². The number of aromatic amines is 1. The van der Waals surface area contributed by atoms with E-state index in [9.17, 15) is 4.79 Å². The average Bonchev–Trinajstić information content (AvgIpc) is 3.17. The van der Waals surface area contributed by atoms with Crippen molar-refractivity contribution in [1.29, 1.82) is 5.41 Å². The van der Waals surface area contributed by atoms with Gasteiger partial charge < -0.3 is 20.4 Å². The van der Waals surface area contributed by atoms with Crippen LogP contribution >= 0.6 is 0 Å². The van der Waals surface area contributed by atoms with E-state index >= 15 is 0 Å². The third-order valence-electron chi connectivity index (χ3n) is 6.65. The number of hydrogen-bond acceptors (Lipinski definition) is 4. The average molecular weight is 428 g/mol. The van der Waals surface area contributed by atoms with Crippen molar-refractivity contribution in [3.8, 4) is 5.75 Å². The summed E-state index contributed by atoms with van der Waals surface area (Å²) in [5.41, 5.74) is 6.99. The van der Waals surface area contributed by atoms with E-state index in [1.807, 2.05) is 32.0 Å². The maximum Gasteiger partial charge on any atom is 0.195 e. The minimum absolute atomic E-state index is 0.0414. The van der Waals surface area contributed by atoms with Crippen LogP contribution in [0.3, 0.4) is 0 Å². The molecule has 1 aliphatic heterocycles. The topological polar surface area (TPSA) is 78.0 Å². The van der Waals surface area contributed by atoms with Crippen molar-refractivity contribution in [2.75, 3.05) is 13.1 Å². The molecule has 2 heterocycles. The lowest BCUT2D eigenvalue weighted by Gasteiger charge is -2.33. The highest BCUT2D eigenvalue weighted by Crippen LogP contribution is 2.46. The molecule has 0 amide bonds. The molecule has 0 saturated heterocycles. The van der Waals surface area contributed by atoms with Gasteiger partial charge in [0.05, 0.1) is 11.7 Å². The summed E-state index contributed by atoms with van der Waals surface area (Å²) < 4.78 is 6.26. The highest BCUT2D eigenvalue weighted by atomic mass is 16.5. The van der Waals surface area contributed by atoms with E-state index in [-0.39, 0.29) is 11.9 Å². The zero-order valence-electron chi connectivity index (χ0n) is 19.1. The van der Waals surface area contributed by atoms with E-state index in [0.29, 0.717) is 0 Å². The van der Waals surface area contributed by atoms with Crippen LogP contribution in [-0.4, -0.2) is 36.2 Å². The van der Waals surface area contributed by atoms with Crippen LogP contribution in [0.2, 0.25) is 0 Å². The van der Waals surface area contributed by atoms with Crippen molar-refractivity contribution in [2.45, 2.75) is 45.6 Å². The SMILES string of the molecule is CC(C)Oc1cc2c(cc1C1=CCNCC1)C(=O)c1c([nH]c3cc(C=N)ccc13)C2(C)C. The number of aromatic nitrogens is 1. The highest BCUT2D eigenvalue weighted by molar-refractivity contribution is 6.20. The first-order valence-corrected chi connectivity index (χ1v) is 11.3. The number of hydrogen-bond donors (Lipinski definition) is 3. The smallest absolute Gasteiger partial charge is 0.195 e. The summed E-state index contributed by atoms with van der Waals surface area (Å²) in [4.78, 5) is 17.4. The van der Waals surface area contributed by atoms with Gasteiger partial charge in [-0.1, -0.05) is 32.1 Å². The quantitative estimate of drug-likeness (QED) is 0.501. The molecule has 3 N–H and O–H groups in total. The molecule has 0 bridgehead atoms. The minimum atomic E-state index is -0.390. The van der Waals surface area contributed by atoms with Crippen molar-refractivity contribution >= 4 is 28.5 Å². The molecule has 5 heteroatoms. The summed E-state index contributed by atoms with van der Waals surface area (Å²) >= 11 is 0. The predicted octanol–water partition coefficient (Wildman–Crippen LogP) is 5.20. The summed E-state index contributed by atoms with van der Waals surface area (Å²) in [6.07, 6.45) is 4.48. The molecule has 0 atom stereocenters. The summed E-state index contributed by atoms with van der Waals surface area (Å²) in [6, 6.07) is 9.93. The molecule has 3 aromatic rings.